The van der Waals surface area contributed by atoms with E-state index in [1.165, 1.54) is 24.8 Å². The summed E-state index contributed by atoms with van der Waals surface area (Å²) in [4.78, 5) is 16.5. The number of aryl methyl sites for hydroxylation is 1. The van der Waals surface area contributed by atoms with Crippen molar-refractivity contribution in [2.24, 2.45) is 0 Å². The van der Waals surface area contributed by atoms with Crippen LogP contribution in [0.1, 0.15) is 37.6 Å². The molecule has 0 spiro atoms. The Hall–Kier alpha value is -3.24. The van der Waals surface area contributed by atoms with Crippen molar-refractivity contribution in [2.45, 2.75) is 37.5 Å². The highest BCUT2D eigenvalue weighted by atomic mass is 32.2. The van der Waals surface area contributed by atoms with Crippen LogP contribution in [0.4, 0.5) is 0 Å². The number of sulfonamides is 1. The fourth-order valence-electron chi connectivity index (χ4n) is 3.03. The number of rotatable bonds is 11. The average Bonchev–Trinajstić information content (AvgIpc) is 3.30. The molecule has 10 heteroatoms. The maximum Gasteiger partial charge on any atom is 0.240 e. The van der Waals surface area contributed by atoms with Gasteiger partial charge in [0.1, 0.15) is 5.75 Å². The maximum absolute atomic E-state index is 12.3. The highest BCUT2D eigenvalue weighted by Crippen LogP contribution is 2.21. The molecule has 0 aliphatic rings. The third kappa shape index (κ3) is 6.87. The summed E-state index contributed by atoms with van der Waals surface area (Å²) < 4.78 is 37.2. The maximum atomic E-state index is 12.3. The van der Waals surface area contributed by atoms with E-state index >= 15 is 0 Å². The standard InChI is InChI=1S/C23H28N4O5S/c1-16(2)17-4-6-18(7-5-17)23-26-22(32-27-23)13-12-21(28)24-14-15-25-33(29,30)20-10-8-19(31-3)9-11-20/h4-11,16,25H,12-15H2,1-3H3,(H,24,28). The van der Waals surface area contributed by atoms with Crippen molar-refractivity contribution >= 4 is 15.9 Å². The molecule has 0 radical (unpaired) electrons. The molecule has 9 nitrogen and oxygen atoms in total. The normalized spacial score (nSPS) is 11.5. The van der Waals surface area contributed by atoms with Crippen molar-refractivity contribution in [1.82, 2.24) is 20.2 Å². The number of aromatic nitrogens is 2. The number of nitrogens with one attached hydrogen (secondary N) is 2. The zero-order chi connectivity index (χ0) is 23.8. The predicted octanol–water partition coefficient (Wildman–Crippen LogP) is 2.90. The third-order valence-electron chi connectivity index (χ3n) is 4.98. The van der Waals surface area contributed by atoms with Gasteiger partial charge in [-0.1, -0.05) is 43.3 Å². The van der Waals surface area contributed by atoms with E-state index in [-0.39, 0.29) is 30.3 Å². The van der Waals surface area contributed by atoms with Crippen LogP contribution < -0.4 is 14.8 Å². The first kappa shape index (κ1) is 24.4. The van der Waals surface area contributed by atoms with Gasteiger partial charge in [-0.2, -0.15) is 4.98 Å². The molecule has 33 heavy (non-hydrogen) atoms. The van der Waals surface area contributed by atoms with Gasteiger partial charge in [0.25, 0.3) is 0 Å². The second kappa shape index (κ2) is 11.1. The molecule has 0 fully saturated rings. The minimum absolute atomic E-state index is 0.0666. The van der Waals surface area contributed by atoms with E-state index < -0.39 is 10.0 Å². The van der Waals surface area contributed by atoms with E-state index in [9.17, 15) is 13.2 Å². The zero-order valence-electron chi connectivity index (χ0n) is 18.9. The summed E-state index contributed by atoms with van der Waals surface area (Å²) in [6.07, 6.45) is 0.444. The Bertz CT molecular complexity index is 1160. The largest absolute Gasteiger partial charge is 0.497 e. The number of hydrogen-bond acceptors (Lipinski definition) is 7. The number of amides is 1. The van der Waals surface area contributed by atoms with E-state index in [4.69, 9.17) is 9.26 Å². The van der Waals surface area contributed by atoms with Crippen molar-refractivity contribution in [3.8, 4) is 17.1 Å². The number of ether oxygens (including phenoxy) is 1. The van der Waals surface area contributed by atoms with E-state index in [1.807, 2.05) is 24.3 Å². The first-order valence-electron chi connectivity index (χ1n) is 10.6. The molecule has 1 amide bonds. The van der Waals surface area contributed by atoms with Gasteiger partial charge in [-0.25, -0.2) is 13.1 Å². The van der Waals surface area contributed by atoms with Crippen LogP contribution >= 0.6 is 0 Å². The van der Waals surface area contributed by atoms with Crippen LogP contribution in [0.25, 0.3) is 11.4 Å². The van der Waals surface area contributed by atoms with Crippen LogP contribution in [0, 0.1) is 0 Å². The summed E-state index contributed by atoms with van der Waals surface area (Å²) in [7, 11) is -2.15. The molecule has 0 aliphatic carbocycles. The van der Waals surface area contributed by atoms with E-state index in [1.54, 1.807) is 12.1 Å². The first-order valence-corrected chi connectivity index (χ1v) is 12.1. The quantitative estimate of drug-likeness (QED) is 0.411. The lowest BCUT2D eigenvalue weighted by Crippen LogP contribution is -2.34. The number of carbonyl (C=O) groups excluding carboxylic acids is 1. The fraction of sp³-hybridized carbons (Fsp3) is 0.348. The van der Waals surface area contributed by atoms with Crippen LogP contribution in [0.2, 0.25) is 0 Å². The molecule has 3 aromatic rings. The van der Waals surface area contributed by atoms with Gasteiger partial charge in [-0.3, -0.25) is 4.79 Å². The summed E-state index contributed by atoms with van der Waals surface area (Å²) in [5, 5.41) is 6.65. The summed E-state index contributed by atoms with van der Waals surface area (Å²) >= 11 is 0. The lowest BCUT2D eigenvalue weighted by atomic mass is 10.0. The van der Waals surface area contributed by atoms with Crippen molar-refractivity contribution in [1.29, 1.82) is 0 Å². The molecule has 2 N–H and O–H groups in total. The van der Waals surface area contributed by atoms with Crippen molar-refractivity contribution < 1.29 is 22.5 Å². The molecule has 2 aromatic carbocycles. The Morgan fingerprint density at radius 1 is 1.06 bits per heavy atom. The highest BCUT2D eigenvalue weighted by molar-refractivity contribution is 7.89. The van der Waals surface area contributed by atoms with Crippen LogP contribution in [-0.2, 0) is 21.2 Å². The zero-order valence-corrected chi connectivity index (χ0v) is 19.7. The van der Waals surface area contributed by atoms with E-state index in [2.05, 4.69) is 34.0 Å². The van der Waals surface area contributed by atoms with Crippen molar-refractivity contribution in [3.05, 3.63) is 60.0 Å². The van der Waals surface area contributed by atoms with Crippen molar-refractivity contribution in [3.63, 3.8) is 0 Å². The fourth-order valence-corrected chi connectivity index (χ4v) is 4.06. The summed E-state index contributed by atoms with van der Waals surface area (Å²) in [5.41, 5.74) is 2.08. The number of nitrogens with zero attached hydrogens (tertiary/aromatic N) is 2. The molecule has 176 valence electrons. The van der Waals surface area contributed by atoms with Gasteiger partial charge in [0.05, 0.1) is 12.0 Å². The van der Waals surface area contributed by atoms with Crippen LogP contribution in [0.3, 0.4) is 0 Å². The second-order valence-electron chi connectivity index (χ2n) is 7.71. The Kier molecular flexibility index (Phi) is 8.18. The van der Waals surface area contributed by atoms with Gasteiger partial charge >= 0.3 is 0 Å². The van der Waals surface area contributed by atoms with Gasteiger partial charge in [0, 0.05) is 31.5 Å². The molecule has 0 unspecified atom stereocenters. The molecule has 0 saturated carbocycles. The van der Waals surface area contributed by atoms with E-state index in [0.717, 1.165) is 5.56 Å². The van der Waals surface area contributed by atoms with Gasteiger partial charge in [0.15, 0.2) is 0 Å². The number of hydrogen-bond donors (Lipinski definition) is 2. The molecule has 3 rings (SSSR count). The Balaban J connectivity index is 1.41. The Morgan fingerprint density at radius 2 is 1.76 bits per heavy atom. The highest BCUT2D eigenvalue weighted by Gasteiger charge is 2.14. The number of carbonyl (C=O) groups is 1. The molecule has 0 bridgehead atoms. The first-order chi connectivity index (χ1) is 15.8. The third-order valence-corrected chi connectivity index (χ3v) is 6.46. The Labute approximate surface area is 193 Å². The van der Waals surface area contributed by atoms with Crippen LogP contribution in [-0.4, -0.2) is 44.7 Å². The molecule has 0 atom stereocenters. The lowest BCUT2D eigenvalue weighted by molar-refractivity contribution is -0.121. The second-order valence-corrected chi connectivity index (χ2v) is 9.48. The molecule has 1 aromatic heterocycles. The summed E-state index contributed by atoms with van der Waals surface area (Å²) in [6.45, 7) is 4.48. The molecule has 0 saturated heterocycles. The van der Waals surface area contributed by atoms with Gasteiger partial charge in [-0.15, -0.1) is 0 Å². The monoisotopic (exact) mass is 472 g/mol. The number of methoxy groups -OCH3 is 1. The van der Waals surface area contributed by atoms with Crippen LogP contribution in [0.15, 0.2) is 57.9 Å². The molecular formula is C23H28N4O5S. The molecular weight excluding hydrogens is 444 g/mol. The smallest absolute Gasteiger partial charge is 0.240 e. The van der Waals surface area contributed by atoms with Gasteiger partial charge in [-0.05, 0) is 35.7 Å². The minimum Gasteiger partial charge on any atom is -0.497 e. The topological polar surface area (TPSA) is 123 Å². The lowest BCUT2D eigenvalue weighted by Gasteiger charge is -2.08. The number of benzene rings is 2. The predicted molar refractivity (Wildman–Crippen MR) is 123 cm³/mol. The van der Waals surface area contributed by atoms with Gasteiger partial charge in [0.2, 0.25) is 27.6 Å². The van der Waals surface area contributed by atoms with E-state index in [0.29, 0.717) is 29.8 Å². The Morgan fingerprint density at radius 3 is 2.39 bits per heavy atom. The van der Waals surface area contributed by atoms with Crippen molar-refractivity contribution in [2.75, 3.05) is 20.2 Å². The summed E-state index contributed by atoms with van der Waals surface area (Å²) in [6, 6.07) is 14.0. The SMILES string of the molecule is COc1ccc(S(=O)(=O)NCCNC(=O)CCc2nc(-c3ccc(C(C)C)cc3)no2)cc1. The summed E-state index contributed by atoms with van der Waals surface area (Å²) in [5.74, 6) is 1.62. The molecule has 1 heterocycles. The van der Waals surface area contributed by atoms with Crippen LogP contribution in [0.5, 0.6) is 5.75 Å². The van der Waals surface area contributed by atoms with Gasteiger partial charge < -0.3 is 14.6 Å². The minimum atomic E-state index is -3.66. The molecule has 0 aliphatic heterocycles. The average molecular weight is 473 g/mol.